The van der Waals surface area contributed by atoms with Gasteiger partial charge in [0.25, 0.3) is 5.91 Å². The van der Waals surface area contributed by atoms with Gasteiger partial charge in [0.15, 0.2) is 5.69 Å². The number of hydrogen-bond acceptors (Lipinski definition) is 4. The molecule has 1 aromatic carbocycles. The fourth-order valence-electron chi connectivity index (χ4n) is 5.81. The quantitative estimate of drug-likeness (QED) is 0.740. The molecule has 0 radical (unpaired) electrons. The summed E-state index contributed by atoms with van der Waals surface area (Å²) in [5.41, 5.74) is 4.64. The zero-order chi connectivity index (χ0) is 21.9. The van der Waals surface area contributed by atoms with Crippen molar-refractivity contribution in [2.75, 3.05) is 39.3 Å². The number of rotatable bonds is 4. The first-order chi connectivity index (χ1) is 15.7. The first kappa shape index (κ1) is 21.7. The molecule has 0 N–H and O–H groups in total. The molecule has 0 spiro atoms. The normalized spacial score (nSPS) is 23.0. The van der Waals surface area contributed by atoms with Crippen molar-refractivity contribution >= 4 is 5.91 Å². The molecule has 32 heavy (non-hydrogen) atoms. The van der Waals surface area contributed by atoms with Crippen molar-refractivity contribution in [3.8, 4) is 0 Å². The van der Waals surface area contributed by atoms with Crippen LogP contribution in [0.4, 0.5) is 0 Å². The summed E-state index contributed by atoms with van der Waals surface area (Å²) in [6, 6.07) is 11.3. The van der Waals surface area contributed by atoms with E-state index in [0.717, 1.165) is 77.2 Å². The summed E-state index contributed by atoms with van der Waals surface area (Å²) in [4.78, 5) is 20.7. The Hall–Kier alpha value is -2.18. The second-order valence-corrected chi connectivity index (χ2v) is 9.80. The number of carbonyl (C=O) groups excluding carboxylic acids is 1. The van der Waals surface area contributed by atoms with Crippen LogP contribution in [0.5, 0.6) is 0 Å². The van der Waals surface area contributed by atoms with Crippen molar-refractivity contribution in [2.45, 2.75) is 57.5 Å². The maximum absolute atomic E-state index is 13.4. The number of aromatic nitrogens is 2. The average molecular weight is 436 g/mol. The highest BCUT2D eigenvalue weighted by atomic mass is 16.2. The number of hydrogen-bond donors (Lipinski definition) is 0. The molecule has 2 aromatic rings. The lowest BCUT2D eigenvalue weighted by atomic mass is 9.89. The molecule has 1 unspecified atom stereocenters. The second-order valence-electron chi connectivity index (χ2n) is 9.80. The molecule has 0 bridgehead atoms. The van der Waals surface area contributed by atoms with Crippen molar-refractivity contribution < 1.29 is 4.79 Å². The first-order valence-electron chi connectivity index (χ1n) is 12.5. The largest absolute Gasteiger partial charge is 0.337 e. The maximum Gasteiger partial charge on any atom is 0.274 e. The summed E-state index contributed by atoms with van der Waals surface area (Å²) in [6.07, 6.45) is 7.89. The molecule has 2 aliphatic heterocycles. The van der Waals surface area contributed by atoms with E-state index in [9.17, 15) is 4.79 Å². The molecule has 1 aliphatic carbocycles. The maximum atomic E-state index is 13.4. The third-order valence-electron chi connectivity index (χ3n) is 7.70. The topological polar surface area (TPSA) is 44.6 Å². The predicted molar refractivity (Wildman–Crippen MR) is 127 cm³/mol. The van der Waals surface area contributed by atoms with Crippen LogP contribution in [0.2, 0.25) is 0 Å². The third-order valence-corrected chi connectivity index (χ3v) is 7.70. The van der Waals surface area contributed by atoms with Crippen molar-refractivity contribution in [3.05, 3.63) is 52.8 Å². The van der Waals surface area contributed by atoms with E-state index >= 15 is 0 Å². The van der Waals surface area contributed by atoms with Crippen LogP contribution in [0.3, 0.4) is 0 Å². The van der Waals surface area contributed by atoms with E-state index in [1.165, 1.54) is 36.1 Å². The van der Waals surface area contributed by atoms with Crippen LogP contribution in [0.15, 0.2) is 30.3 Å². The lowest BCUT2D eigenvalue weighted by molar-refractivity contribution is 0.0748. The lowest BCUT2D eigenvalue weighted by Crippen LogP contribution is -2.51. The Labute approximate surface area is 192 Å². The fraction of sp³-hybridized carbons (Fsp3) is 0.615. The molecule has 2 saturated heterocycles. The smallest absolute Gasteiger partial charge is 0.274 e. The molecule has 5 rings (SSSR count). The number of nitrogens with zero attached hydrogens (tertiary/aromatic N) is 5. The Kier molecular flexibility index (Phi) is 6.60. The molecule has 0 saturated carbocycles. The number of piperazine rings is 1. The van der Waals surface area contributed by atoms with Crippen LogP contribution in [-0.4, -0.2) is 75.7 Å². The van der Waals surface area contributed by atoms with E-state index in [2.05, 4.69) is 45.0 Å². The number of carbonyl (C=O) groups is 1. The van der Waals surface area contributed by atoms with Gasteiger partial charge in [-0.1, -0.05) is 43.2 Å². The number of aryl methyl sites for hydroxylation is 1. The summed E-state index contributed by atoms with van der Waals surface area (Å²) in [6.45, 7) is 7.27. The minimum Gasteiger partial charge on any atom is -0.337 e. The Morgan fingerprint density at radius 1 is 0.969 bits per heavy atom. The van der Waals surface area contributed by atoms with Crippen LogP contribution in [0.1, 0.15) is 59.4 Å². The Morgan fingerprint density at radius 3 is 2.41 bits per heavy atom. The van der Waals surface area contributed by atoms with Crippen molar-refractivity contribution in [1.29, 1.82) is 0 Å². The van der Waals surface area contributed by atoms with Gasteiger partial charge in [0, 0.05) is 70.2 Å². The average Bonchev–Trinajstić information content (AvgIpc) is 2.99. The molecular formula is C26H37N5O. The van der Waals surface area contributed by atoms with Gasteiger partial charge in [-0.05, 0) is 37.7 Å². The second kappa shape index (κ2) is 9.75. The summed E-state index contributed by atoms with van der Waals surface area (Å²) in [5, 5.41) is 4.74. The summed E-state index contributed by atoms with van der Waals surface area (Å²) < 4.78 is 1.98. The molecule has 6 nitrogen and oxygen atoms in total. The van der Waals surface area contributed by atoms with Gasteiger partial charge in [0.05, 0.1) is 0 Å². The Morgan fingerprint density at radius 2 is 1.69 bits per heavy atom. The van der Waals surface area contributed by atoms with Crippen molar-refractivity contribution in [3.63, 3.8) is 0 Å². The van der Waals surface area contributed by atoms with Gasteiger partial charge in [-0.2, -0.15) is 5.10 Å². The SMILES string of the molecule is Cn1nc(C(=O)N2CCCCCC2)c2c1CCC(N1CCN(Cc3ccccc3)CC1)C2. The third kappa shape index (κ3) is 4.62. The molecule has 2 fully saturated rings. The van der Waals surface area contributed by atoms with Crippen LogP contribution in [-0.2, 0) is 26.4 Å². The van der Waals surface area contributed by atoms with Crippen LogP contribution < -0.4 is 0 Å². The van der Waals surface area contributed by atoms with E-state index in [1.807, 2.05) is 11.7 Å². The fourth-order valence-corrected chi connectivity index (χ4v) is 5.81. The molecule has 172 valence electrons. The van der Waals surface area contributed by atoms with E-state index in [-0.39, 0.29) is 5.91 Å². The van der Waals surface area contributed by atoms with Gasteiger partial charge in [0.1, 0.15) is 0 Å². The van der Waals surface area contributed by atoms with Crippen LogP contribution in [0.25, 0.3) is 0 Å². The van der Waals surface area contributed by atoms with Crippen LogP contribution in [0, 0.1) is 0 Å². The Bertz CT molecular complexity index is 908. The van der Waals surface area contributed by atoms with Gasteiger partial charge in [-0.25, -0.2) is 0 Å². The molecule has 1 aromatic heterocycles. The lowest BCUT2D eigenvalue weighted by Gasteiger charge is -2.40. The van der Waals surface area contributed by atoms with E-state index in [1.54, 1.807) is 0 Å². The van der Waals surface area contributed by atoms with Crippen LogP contribution >= 0.6 is 0 Å². The zero-order valence-corrected chi connectivity index (χ0v) is 19.5. The summed E-state index contributed by atoms with van der Waals surface area (Å²) in [5.74, 6) is 0.164. The van der Waals surface area contributed by atoms with Gasteiger partial charge in [-0.3, -0.25) is 19.3 Å². The summed E-state index contributed by atoms with van der Waals surface area (Å²) in [7, 11) is 2.01. The molecule has 6 heteroatoms. The highest BCUT2D eigenvalue weighted by molar-refractivity contribution is 5.94. The minimum absolute atomic E-state index is 0.164. The molecule has 1 amide bonds. The molecule has 1 atom stereocenters. The first-order valence-corrected chi connectivity index (χ1v) is 12.5. The molecule has 3 heterocycles. The van der Waals surface area contributed by atoms with Gasteiger partial charge in [-0.15, -0.1) is 0 Å². The van der Waals surface area contributed by atoms with Gasteiger partial charge in [0.2, 0.25) is 0 Å². The van der Waals surface area contributed by atoms with E-state index < -0.39 is 0 Å². The standard InChI is InChI=1S/C26H37N5O/c1-28-24-12-11-22(30-17-15-29(16-18-30)20-21-9-5-4-6-10-21)19-23(24)25(27-28)26(32)31-13-7-2-3-8-14-31/h4-6,9-10,22H,2-3,7-8,11-20H2,1H3. The van der Waals surface area contributed by atoms with Gasteiger partial charge >= 0.3 is 0 Å². The molecule has 3 aliphatic rings. The molecular weight excluding hydrogens is 398 g/mol. The number of amides is 1. The van der Waals surface area contributed by atoms with Crippen molar-refractivity contribution in [1.82, 2.24) is 24.5 Å². The summed E-state index contributed by atoms with van der Waals surface area (Å²) >= 11 is 0. The minimum atomic E-state index is 0.164. The predicted octanol–water partition coefficient (Wildman–Crippen LogP) is 3.11. The highest BCUT2D eigenvalue weighted by Gasteiger charge is 2.33. The zero-order valence-electron chi connectivity index (χ0n) is 19.5. The monoisotopic (exact) mass is 435 g/mol. The Balaban J connectivity index is 1.23. The number of benzene rings is 1. The van der Waals surface area contributed by atoms with Crippen molar-refractivity contribution in [2.24, 2.45) is 7.05 Å². The van der Waals surface area contributed by atoms with E-state index in [4.69, 9.17) is 5.10 Å². The highest BCUT2D eigenvalue weighted by Crippen LogP contribution is 2.29. The van der Waals surface area contributed by atoms with Gasteiger partial charge < -0.3 is 4.90 Å². The number of fused-ring (bicyclic) bond motifs is 1. The number of likely N-dealkylation sites (tertiary alicyclic amines) is 1. The van der Waals surface area contributed by atoms with E-state index in [0.29, 0.717) is 6.04 Å².